The molecule has 1 aromatic rings. The van der Waals surface area contributed by atoms with Gasteiger partial charge in [0.25, 0.3) is 0 Å². The smallest absolute Gasteiger partial charge is 0.180 e. The van der Waals surface area contributed by atoms with Crippen LogP contribution in [0.4, 0.5) is 5.69 Å². The lowest BCUT2D eigenvalue weighted by Gasteiger charge is -2.15. The van der Waals surface area contributed by atoms with Crippen LogP contribution in [-0.4, -0.2) is 10.8 Å². The van der Waals surface area contributed by atoms with E-state index in [1.165, 1.54) is 0 Å². The zero-order chi connectivity index (χ0) is 8.55. The molecule has 2 radical (unpaired) electrons. The lowest BCUT2D eigenvalue weighted by atomic mass is 10.0. The average molecular weight is 175 g/mol. The van der Waals surface area contributed by atoms with Crippen molar-refractivity contribution in [3.8, 4) is 0 Å². The Morgan fingerprint density at radius 2 is 2.08 bits per heavy atom. The predicted octanol–water partition coefficient (Wildman–Crippen LogP) is 1.70. The van der Waals surface area contributed by atoms with E-state index in [0.717, 1.165) is 5.69 Å². The van der Waals surface area contributed by atoms with Crippen molar-refractivity contribution in [3.63, 3.8) is 0 Å². The van der Waals surface area contributed by atoms with Gasteiger partial charge in [0.15, 0.2) is 5.78 Å². The van der Waals surface area contributed by atoms with E-state index in [2.05, 4.69) is 11.7 Å². The zero-order valence-electron chi connectivity index (χ0n) is 6.13. The summed E-state index contributed by atoms with van der Waals surface area (Å²) < 4.78 is 0. The van der Waals surface area contributed by atoms with Crippen LogP contribution >= 0.6 is 12.2 Å². The number of ketones is 1. The summed E-state index contributed by atoms with van der Waals surface area (Å²) in [6.45, 7) is 0. The van der Waals surface area contributed by atoms with Crippen molar-refractivity contribution in [1.29, 1.82) is 0 Å². The van der Waals surface area contributed by atoms with Gasteiger partial charge in [-0.1, -0.05) is 24.4 Å². The molecule has 1 N–H and O–H groups in total. The van der Waals surface area contributed by atoms with Crippen LogP contribution in [0.2, 0.25) is 0 Å². The van der Waals surface area contributed by atoms with Crippen molar-refractivity contribution < 1.29 is 4.79 Å². The molecule has 2 rings (SSSR count). The van der Waals surface area contributed by atoms with Crippen LogP contribution in [0.1, 0.15) is 10.4 Å². The lowest BCUT2D eigenvalue weighted by Crippen LogP contribution is -2.23. The third kappa shape index (κ3) is 1.12. The van der Waals surface area contributed by atoms with Gasteiger partial charge in [0.1, 0.15) is 6.42 Å². The van der Waals surface area contributed by atoms with Gasteiger partial charge >= 0.3 is 0 Å². The minimum Gasteiger partial charge on any atom is -0.349 e. The van der Waals surface area contributed by atoms with Crippen molar-refractivity contribution in [3.05, 3.63) is 36.2 Å². The van der Waals surface area contributed by atoms with Gasteiger partial charge in [0.05, 0.1) is 4.99 Å². The highest BCUT2D eigenvalue weighted by Crippen LogP contribution is 2.21. The Morgan fingerprint density at radius 1 is 1.33 bits per heavy atom. The molecule has 1 aliphatic heterocycles. The first-order valence-electron chi connectivity index (χ1n) is 3.49. The van der Waals surface area contributed by atoms with Gasteiger partial charge in [0, 0.05) is 11.3 Å². The highest BCUT2D eigenvalue weighted by atomic mass is 32.1. The number of carbonyl (C=O) groups excluding carboxylic acids is 1. The Hall–Kier alpha value is -1.22. The molecule has 1 aromatic carbocycles. The molecule has 0 amide bonds. The van der Waals surface area contributed by atoms with Crippen LogP contribution in [0, 0.1) is 6.42 Å². The monoisotopic (exact) mass is 175 g/mol. The van der Waals surface area contributed by atoms with Gasteiger partial charge in [-0.3, -0.25) is 4.79 Å². The quantitative estimate of drug-likeness (QED) is 0.608. The van der Waals surface area contributed by atoms with E-state index in [1.54, 1.807) is 6.07 Å². The Kier molecular flexibility index (Phi) is 1.66. The van der Waals surface area contributed by atoms with E-state index in [1.807, 2.05) is 18.2 Å². The molecule has 0 fully saturated rings. The predicted molar refractivity (Wildman–Crippen MR) is 50.2 cm³/mol. The van der Waals surface area contributed by atoms with E-state index in [-0.39, 0.29) is 5.78 Å². The fourth-order valence-electron chi connectivity index (χ4n) is 1.11. The van der Waals surface area contributed by atoms with Gasteiger partial charge in [-0.05, 0) is 12.1 Å². The fraction of sp³-hybridized carbons (Fsp3) is 0. The summed E-state index contributed by atoms with van der Waals surface area (Å²) in [6, 6.07) is 7.24. The number of carbonyl (C=O) groups is 1. The first-order chi connectivity index (χ1) is 5.77. The Morgan fingerprint density at radius 3 is 2.92 bits per heavy atom. The molecule has 58 valence electrons. The maximum absolute atomic E-state index is 11.3. The van der Waals surface area contributed by atoms with Gasteiger partial charge in [-0.25, -0.2) is 0 Å². The third-order valence-corrected chi connectivity index (χ3v) is 1.85. The van der Waals surface area contributed by atoms with Crippen molar-refractivity contribution >= 4 is 28.7 Å². The maximum atomic E-state index is 11.3. The van der Waals surface area contributed by atoms with Gasteiger partial charge in [-0.15, -0.1) is 0 Å². The molecule has 0 saturated carbocycles. The van der Waals surface area contributed by atoms with E-state index in [4.69, 9.17) is 12.2 Å². The molecule has 0 spiro atoms. The maximum Gasteiger partial charge on any atom is 0.180 e. The summed E-state index contributed by atoms with van der Waals surface area (Å²) in [5, 5.41) is 2.89. The number of benzene rings is 1. The topological polar surface area (TPSA) is 29.1 Å². The number of anilines is 1. The minimum absolute atomic E-state index is 0.144. The number of rotatable bonds is 0. The van der Waals surface area contributed by atoms with E-state index in [0.29, 0.717) is 10.6 Å². The molecule has 2 nitrogen and oxygen atoms in total. The SMILES string of the molecule is O=C1[C]C(=S)Nc2ccccc21. The molecule has 3 heteroatoms. The van der Waals surface area contributed by atoms with Crippen LogP contribution in [0.25, 0.3) is 0 Å². The van der Waals surface area contributed by atoms with Crippen molar-refractivity contribution in [1.82, 2.24) is 0 Å². The van der Waals surface area contributed by atoms with Crippen molar-refractivity contribution in [2.24, 2.45) is 0 Å². The summed E-state index contributed by atoms with van der Waals surface area (Å²) in [6.07, 6.45) is 2.52. The molecule has 0 aromatic heterocycles. The molecular weight excluding hydrogens is 170 g/mol. The molecule has 0 atom stereocenters. The highest BCUT2D eigenvalue weighted by Gasteiger charge is 2.19. The molecule has 0 aliphatic carbocycles. The number of hydrogen-bond donors (Lipinski definition) is 1. The number of nitrogens with one attached hydrogen (secondary N) is 1. The highest BCUT2D eigenvalue weighted by molar-refractivity contribution is 7.81. The van der Waals surface area contributed by atoms with E-state index in [9.17, 15) is 4.79 Å². The Bertz CT molecular complexity index is 359. The second kappa shape index (κ2) is 2.68. The summed E-state index contributed by atoms with van der Waals surface area (Å²) in [5.41, 5.74) is 1.40. The third-order valence-electron chi connectivity index (χ3n) is 1.65. The molecule has 12 heavy (non-hydrogen) atoms. The lowest BCUT2D eigenvalue weighted by molar-refractivity contribution is 0.103. The second-order valence-electron chi connectivity index (χ2n) is 2.45. The number of Topliss-reactive ketones (excluding diaryl/α,β-unsaturated/α-hetero) is 1. The van der Waals surface area contributed by atoms with Gasteiger partial charge in [-0.2, -0.15) is 0 Å². The zero-order valence-corrected chi connectivity index (χ0v) is 6.94. The summed E-state index contributed by atoms with van der Waals surface area (Å²) in [5.74, 6) is -0.144. The average Bonchev–Trinajstić information content (AvgIpc) is 2.04. The van der Waals surface area contributed by atoms with Gasteiger partial charge in [0.2, 0.25) is 0 Å². The van der Waals surface area contributed by atoms with Crippen molar-refractivity contribution in [2.45, 2.75) is 0 Å². The largest absolute Gasteiger partial charge is 0.349 e. The Labute approximate surface area is 75.6 Å². The van der Waals surface area contributed by atoms with Gasteiger partial charge < -0.3 is 5.32 Å². The van der Waals surface area contributed by atoms with E-state index < -0.39 is 0 Å². The summed E-state index contributed by atoms with van der Waals surface area (Å²) in [7, 11) is 0. The standard InChI is InChI=1S/C9H5NOS/c11-8-5-9(12)10-7-4-2-1-3-6(7)8/h1-4H,(H,10,12). The first kappa shape index (κ1) is 7.43. The van der Waals surface area contributed by atoms with Crippen LogP contribution in [0.3, 0.4) is 0 Å². The first-order valence-corrected chi connectivity index (χ1v) is 3.89. The van der Waals surface area contributed by atoms with E-state index >= 15 is 0 Å². The van der Waals surface area contributed by atoms with Crippen LogP contribution < -0.4 is 5.32 Å². The van der Waals surface area contributed by atoms with Crippen molar-refractivity contribution in [2.75, 3.05) is 5.32 Å². The Balaban J connectivity index is 2.54. The molecule has 1 heterocycles. The number of hydrogen-bond acceptors (Lipinski definition) is 2. The second-order valence-corrected chi connectivity index (χ2v) is 2.86. The number of para-hydroxylation sites is 1. The fourth-order valence-corrected chi connectivity index (χ4v) is 1.32. The molecule has 0 unspecified atom stereocenters. The summed E-state index contributed by atoms with van der Waals surface area (Å²) >= 11 is 4.82. The molecule has 0 bridgehead atoms. The summed E-state index contributed by atoms with van der Waals surface area (Å²) in [4.78, 5) is 11.6. The normalized spacial score (nSPS) is 15.3. The van der Waals surface area contributed by atoms with Crippen LogP contribution in [-0.2, 0) is 0 Å². The minimum atomic E-state index is -0.144. The molecule has 1 aliphatic rings. The number of fused-ring (bicyclic) bond motifs is 1. The van der Waals surface area contributed by atoms with Crippen LogP contribution in [0.5, 0.6) is 0 Å². The number of thiocarbonyl (C=S) groups is 1. The molecular formula is C9H5NOS. The molecule has 0 saturated heterocycles. The van der Waals surface area contributed by atoms with Crippen LogP contribution in [0.15, 0.2) is 24.3 Å².